The van der Waals surface area contributed by atoms with E-state index in [2.05, 4.69) is 0 Å². The van der Waals surface area contributed by atoms with Crippen LogP contribution in [0.3, 0.4) is 0 Å². The van der Waals surface area contributed by atoms with Gasteiger partial charge < -0.3 is 14.1 Å². The zero-order valence-corrected chi connectivity index (χ0v) is 15.5. The van der Waals surface area contributed by atoms with Crippen molar-refractivity contribution in [3.05, 3.63) is 34.0 Å². The number of carbonyl (C=O) groups excluding carboxylic acids is 2. The van der Waals surface area contributed by atoms with Crippen LogP contribution in [0.25, 0.3) is 11.0 Å². The second-order valence-electron chi connectivity index (χ2n) is 6.44. The average molecular weight is 364 g/mol. The highest BCUT2D eigenvalue weighted by molar-refractivity contribution is 6.35. The van der Waals surface area contributed by atoms with Gasteiger partial charge in [-0.3, -0.25) is 4.79 Å². The molecule has 1 aliphatic heterocycles. The number of nitrogens with zero attached hydrogens (tertiary/aromatic N) is 1. The molecule has 0 unspecified atom stereocenters. The van der Waals surface area contributed by atoms with Crippen LogP contribution >= 0.6 is 11.6 Å². The van der Waals surface area contributed by atoms with Gasteiger partial charge in [0.2, 0.25) is 0 Å². The summed E-state index contributed by atoms with van der Waals surface area (Å²) in [5.74, 6) is -0.378. The number of carbonyl (C=O) groups is 2. The van der Waals surface area contributed by atoms with Gasteiger partial charge in [0.05, 0.1) is 11.6 Å². The number of likely N-dealkylation sites (tertiary alicyclic amines) is 1. The fourth-order valence-electron chi connectivity index (χ4n) is 3.40. The van der Waals surface area contributed by atoms with Gasteiger partial charge in [0.1, 0.15) is 6.04 Å². The number of hydrogen-bond acceptors (Lipinski definition) is 4. The van der Waals surface area contributed by atoms with E-state index >= 15 is 0 Å². The molecule has 0 saturated carbocycles. The van der Waals surface area contributed by atoms with Crippen molar-refractivity contribution >= 4 is 34.4 Å². The van der Waals surface area contributed by atoms with Crippen molar-refractivity contribution < 1.29 is 18.7 Å². The maximum Gasteiger partial charge on any atom is 0.328 e. The van der Waals surface area contributed by atoms with Crippen LogP contribution in [0.5, 0.6) is 0 Å². The molecule has 3 rings (SSSR count). The number of rotatable bonds is 3. The number of hydrogen-bond donors (Lipinski definition) is 0. The van der Waals surface area contributed by atoms with Crippen molar-refractivity contribution in [3.63, 3.8) is 0 Å². The van der Waals surface area contributed by atoms with Crippen molar-refractivity contribution in [1.82, 2.24) is 4.90 Å². The van der Waals surface area contributed by atoms with Crippen LogP contribution in [0.4, 0.5) is 0 Å². The van der Waals surface area contributed by atoms with E-state index in [1.807, 2.05) is 26.0 Å². The predicted octanol–water partition coefficient (Wildman–Crippen LogP) is 4.26. The number of benzene rings is 1. The van der Waals surface area contributed by atoms with E-state index < -0.39 is 6.04 Å². The molecule has 5 nitrogen and oxygen atoms in total. The van der Waals surface area contributed by atoms with Gasteiger partial charge in [-0.2, -0.15) is 0 Å². The molecule has 0 radical (unpaired) electrons. The molecule has 0 N–H and O–H groups in total. The van der Waals surface area contributed by atoms with E-state index in [-0.39, 0.29) is 17.6 Å². The lowest BCUT2D eigenvalue weighted by molar-refractivity contribution is -0.149. The molecule has 1 aromatic heterocycles. The number of esters is 1. The van der Waals surface area contributed by atoms with Gasteiger partial charge in [0.25, 0.3) is 5.91 Å². The van der Waals surface area contributed by atoms with Crippen molar-refractivity contribution in [3.8, 4) is 0 Å². The molecule has 1 atom stereocenters. The average Bonchev–Trinajstić information content (AvgIpc) is 2.92. The maximum absolute atomic E-state index is 13.1. The van der Waals surface area contributed by atoms with Gasteiger partial charge in [-0.1, -0.05) is 11.6 Å². The first-order valence-electron chi connectivity index (χ1n) is 8.61. The maximum atomic E-state index is 13.1. The van der Waals surface area contributed by atoms with Crippen LogP contribution < -0.4 is 0 Å². The second kappa shape index (κ2) is 7.08. The number of furan rings is 1. The molecule has 1 amide bonds. The lowest BCUT2D eigenvalue weighted by atomic mass is 10.0. The lowest BCUT2D eigenvalue weighted by Crippen LogP contribution is -2.48. The van der Waals surface area contributed by atoms with Crippen LogP contribution in [0.1, 0.15) is 47.9 Å². The van der Waals surface area contributed by atoms with Crippen molar-refractivity contribution in [1.29, 1.82) is 0 Å². The summed E-state index contributed by atoms with van der Waals surface area (Å²) in [6, 6.07) is 3.21. The third kappa shape index (κ3) is 3.25. The lowest BCUT2D eigenvalue weighted by Gasteiger charge is -2.33. The largest absolute Gasteiger partial charge is 0.464 e. The highest BCUT2D eigenvalue weighted by Gasteiger charge is 2.36. The van der Waals surface area contributed by atoms with Gasteiger partial charge in [-0.05, 0) is 57.7 Å². The van der Waals surface area contributed by atoms with E-state index in [1.54, 1.807) is 11.8 Å². The summed E-state index contributed by atoms with van der Waals surface area (Å²) in [4.78, 5) is 26.9. The standard InChI is InChI=1S/C19H22ClNO4/c1-4-24-19(23)15-7-5-6-8-21(15)18(22)16-12(3)13-9-11(2)10-14(20)17(13)25-16/h9-10,15H,4-8H2,1-3H3/t15-/m0/s1. The fourth-order valence-corrected chi connectivity index (χ4v) is 3.72. The summed E-state index contributed by atoms with van der Waals surface area (Å²) in [7, 11) is 0. The van der Waals surface area contributed by atoms with Crippen molar-refractivity contribution in [2.75, 3.05) is 13.2 Å². The molecule has 0 bridgehead atoms. The number of amides is 1. The van der Waals surface area contributed by atoms with Crippen LogP contribution in [0.2, 0.25) is 5.02 Å². The monoisotopic (exact) mass is 363 g/mol. The molecular formula is C19H22ClNO4. The number of ether oxygens (including phenoxy) is 1. The van der Waals surface area contributed by atoms with Gasteiger partial charge >= 0.3 is 5.97 Å². The number of piperidine rings is 1. The van der Waals surface area contributed by atoms with Crippen LogP contribution in [0.15, 0.2) is 16.5 Å². The molecule has 2 heterocycles. The Bertz CT molecular complexity index is 826. The molecule has 134 valence electrons. The third-order valence-corrected chi connectivity index (χ3v) is 4.93. The van der Waals surface area contributed by atoms with E-state index in [9.17, 15) is 9.59 Å². The Kier molecular flexibility index (Phi) is 5.04. The molecule has 6 heteroatoms. The summed E-state index contributed by atoms with van der Waals surface area (Å²) >= 11 is 6.27. The Morgan fingerprint density at radius 3 is 2.80 bits per heavy atom. The van der Waals surface area contributed by atoms with Gasteiger partial charge in [-0.15, -0.1) is 0 Å². The van der Waals surface area contributed by atoms with Crippen molar-refractivity contribution in [2.24, 2.45) is 0 Å². The quantitative estimate of drug-likeness (QED) is 0.764. The Morgan fingerprint density at radius 1 is 1.32 bits per heavy atom. The zero-order chi connectivity index (χ0) is 18.1. The van der Waals surface area contributed by atoms with Crippen LogP contribution in [-0.2, 0) is 9.53 Å². The smallest absolute Gasteiger partial charge is 0.328 e. The predicted molar refractivity (Wildman–Crippen MR) is 96.0 cm³/mol. The molecule has 1 aromatic carbocycles. The Balaban J connectivity index is 1.99. The molecule has 1 aliphatic rings. The molecular weight excluding hydrogens is 342 g/mol. The topological polar surface area (TPSA) is 59.8 Å². The summed E-state index contributed by atoms with van der Waals surface area (Å²) in [5, 5.41) is 1.32. The first-order chi connectivity index (χ1) is 11.9. The molecule has 0 aliphatic carbocycles. The SMILES string of the molecule is CCOC(=O)[C@@H]1CCCCN1C(=O)c1oc2c(Cl)cc(C)cc2c1C. The van der Waals surface area contributed by atoms with Crippen LogP contribution in [0, 0.1) is 13.8 Å². The Morgan fingerprint density at radius 2 is 2.08 bits per heavy atom. The van der Waals surface area contributed by atoms with Gasteiger partial charge in [0, 0.05) is 17.5 Å². The van der Waals surface area contributed by atoms with Gasteiger partial charge in [-0.25, -0.2) is 4.79 Å². The van der Waals surface area contributed by atoms with E-state index in [0.29, 0.717) is 30.2 Å². The summed E-state index contributed by atoms with van der Waals surface area (Å²) < 4.78 is 10.9. The summed E-state index contributed by atoms with van der Waals surface area (Å²) in [6.45, 7) is 6.38. The molecule has 25 heavy (non-hydrogen) atoms. The molecule has 1 fully saturated rings. The van der Waals surface area contributed by atoms with E-state index in [1.165, 1.54) is 0 Å². The first-order valence-corrected chi connectivity index (χ1v) is 8.98. The summed E-state index contributed by atoms with van der Waals surface area (Å²) in [6.07, 6.45) is 2.38. The van der Waals surface area contributed by atoms with Crippen molar-refractivity contribution in [2.45, 2.75) is 46.1 Å². The third-order valence-electron chi connectivity index (χ3n) is 4.65. The number of fused-ring (bicyclic) bond motifs is 1. The highest BCUT2D eigenvalue weighted by Crippen LogP contribution is 2.33. The zero-order valence-electron chi connectivity index (χ0n) is 14.7. The second-order valence-corrected chi connectivity index (χ2v) is 6.85. The van der Waals surface area contributed by atoms with E-state index in [0.717, 1.165) is 29.4 Å². The Labute approximate surface area is 151 Å². The molecule has 0 spiro atoms. The van der Waals surface area contributed by atoms with Crippen LogP contribution in [-0.4, -0.2) is 36.0 Å². The molecule has 2 aromatic rings. The fraction of sp³-hybridized carbons (Fsp3) is 0.474. The highest BCUT2D eigenvalue weighted by atomic mass is 35.5. The minimum absolute atomic E-state index is 0.249. The molecule has 1 saturated heterocycles. The summed E-state index contributed by atoms with van der Waals surface area (Å²) in [5.41, 5.74) is 2.26. The van der Waals surface area contributed by atoms with E-state index in [4.69, 9.17) is 20.8 Å². The van der Waals surface area contributed by atoms with Gasteiger partial charge in [0.15, 0.2) is 11.3 Å². The number of halogens is 1. The minimum atomic E-state index is -0.550. The Hall–Kier alpha value is -2.01. The normalized spacial score (nSPS) is 17.8. The minimum Gasteiger partial charge on any atom is -0.464 e. The number of aryl methyl sites for hydroxylation is 2. The first kappa shape index (κ1) is 17.8.